The van der Waals surface area contributed by atoms with Gasteiger partial charge in [0.2, 0.25) is 0 Å². The summed E-state index contributed by atoms with van der Waals surface area (Å²) < 4.78 is 5.49. The van der Waals surface area contributed by atoms with Gasteiger partial charge in [0.05, 0.1) is 17.7 Å². The van der Waals surface area contributed by atoms with Crippen LogP contribution < -0.4 is 11.1 Å². The summed E-state index contributed by atoms with van der Waals surface area (Å²) >= 11 is 0. The second-order valence-electron chi connectivity index (χ2n) is 4.86. The third-order valence-corrected chi connectivity index (χ3v) is 3.53. The van der Waals surface area contributed by atoms with Crippen LogP contribution in [0.4, 0.5) is 0 Å². The number of hydrogen-bond donors (Lipinski definition) is 3. The van der Waals surface area contributed by atoms with Crippen molar-refractivity contribution in [2.75, 3.05) is 6.61 Å². The van der Waals surface area contributed by atoms with Crippen LogP contribution in [0, 0.1) is 6.92 Å². The van der Waals surface area contributed by atoms with Crippen molar-refractivity contribution >= 4 is 5.91 Å². The first-order valence-corrected chi connectivity index (χ1v) is 6.51. The molecule has 0 saturated heterocycles. The molecule has 5 heteroatoms. The van der Waals surface area contributed by atoms with Crippen LogP contribution in [0.25, 0.3) is 0 Å². The molecule has 0 aliphatic heterocycles. The first kappa shape index (κ1) is 13.8. The smallest absolute Gasteiger partial charge is 0.255 e. The minimum Gasteiger partial charge on any atom is -0.507 e. The van der Waals surface area contributed by atoms with Crippen LogP contribution in [0.2, 0.25) is 0 Å². The second-order valence-corrected chi connectivity index (χ2v) is 4.86. The number of phenolic OH excluding ortho intramolecular Hbond substituents is 1. The van der Waals surface area contributed by atoms with Gasteiger partial charge >= 0.3 is 0 Å². The number of para-hydroxylation sites is 1. The van der Waals surface area contributed by atoms with Gasteiger partial charge in [-0.3, -0.25) is 4.79 Å². The third-order valence-electron chi connectivity index (χ3n) is 3.53. The Morgan fingerprint density at radius 2 is 2.32 bits per heavy atom. The number of carbonyl (C=O) groups is 1. The maximum absolute atomic E-state index is 12.1. The monoisotopic (exact) mass is 264 g/mol. The predicted octanol–water partition coefficient (Wildman–Crippen LogP) is 0.935. The fraction of sp³-hybridized carbons (Fsp3) is 0.500. The summed E-state index contributed by atoms with van der Waals surface area (Å²) in [5.41, 5.74) is 6.83. The highest BCUT2D eigenvalue weighted by Crippen LogP contribution is 2.25. The Hall–Kier alpha value is -1.59. The van der Waals surface area contributed by atoms with Crippen molar-refractivity contribution in [2.45, 2.75) is 38.5 Å². The molecule has 1 aromatic carbocycles. The second kappa shape index (κ2) is 5.59. The van der Waals surface area contributed by atoms with E-state index in [0.29, 0.717) is 12.2 Å². The van der Waals surface area contributed by atoms with Crippen molar-refractivity contribution in [3.05, 3.63) is 29.3 Å². The molecule has 104 valence electrons. The van der Waals surface area contributed by atoms with E-state index < -0.39 is 0 Å². The van der Waals surface area contributed by atoms with E-state index in [-0.39, 0.29) is 35.4 Å². The molecule has 0 radical (unpaired) electrons. The Balaban J connectivity index is 2.06. The topological polar surface area (TPSA) is 84.6 Å². The van der Waals surface area contributed by atoms with Gasteiger partial charge in [0.1, 0.15) is 5.75 Å². The summed E-state index contributed by atoms with van der Waals surface area (Å²) in [6, 6.07) is 4.81. The highest BCUT2D eigenvalue weighted by atomic mass is 16.5. The number of ether oxygens (including phenoxy) is 1. The van der Waals surface area contributed by atoms with E-state index in [2.05, 4.69) is 5.32 Å². The average Bonchev–Trinajstić information content (AvgIpc) is 2.39. The number of rotatable bonds is 4. The Bertz CT molecular complexity index is 474. The number of aryl methyl sites for hydroxylation is 1. The molecule has 5 nitrogen and oxygen atoms in total. The lowest BCUT2D eigenvalue weighted by Gasteiger charge is -2.42. The zero-order valence-corrected chi connectivity index (χ0v) is 11.2. The molecular formula is C14H20N2O3. The maximum Gasteiger partial charge on any atom is 0.255 e. The molecule has 0 spiro atoms. The van der Waals surface area contributed by atoms with E-state index in [0.717, 1.165) is 6.42 Å². The van der Waals surface area contributed by atoms with Crippen molar-refractivity contribution in [3.8, 4) is 5.75 Å². The van der Waals surface area contributed by atoms with Gasteiger partial charge in [-0.05, 0) is 31.9 Å². The van der Waals surface area contributed by atoms with E-state index in [9.17, 15) is 9.90 Å². The van der Waals surface area contributed by atoms with Crippen molar-refractivity contribution in [3.63, 3.8) is 0 Å². The van der Waals surface area contributed by atoms with Crippen LogP contribution in [0.3, 0.4) is 0 Å². The molecule has 4 N–H and O–H groups in total. The minimum atomic E-state index is -0.314. The van der Waals surface area contributed by atoms with Crippen molar-refractivity contribution < 1.29 is 14.6 Å². The molecule has 0 bridgehead atoms. The van der Waals surface area contributed by atoms with Gasteiger partial charge in [-0.1, -0.05) is 12.1 Å². The molecule has 2 rings (SSSR count). The van der Waals surface area contributed by atoms with Crippen LogP contribution in [0.1, 0.15) is 29.3 Å². The number of benzene rings is 1. The summed E-state index contributed by atoms with van der Waals surface area (Å²) in [7, 11) is 0. The van der Waals surface area contributed by atoms with E-state index in [1.807, 2.05) is 6.92 Å². The summed E-state index contributed by atoms with van der Waals surface area (Å²) in [5, 5.41) is 12.7. The first-order chi connectivity index (χ1) is 9.04. The fourth-order valence-corrected chi connectivity index (χ4v) is 2.30. The highest BCUT2D eigenvalue weighted by molar-refractivity contribution is 5.97. The molecule has 1 amide bonds. The molecule has 1 saturated carbocycles. The van der Waals surface area contributed by atoms with Crippen molar-refractivity contribution in [1.29, 1.82) is 0 Å². The SMILES string of the molecule is CCOC1CC(N)C1NC(=O)c1cccc(C)c1O. The van der Waals surface area contributed by atoms with Crippen LogP contribution in [0.5, 0.6) is 5.75 Å². The Labute approximate surface area is 112 Å². The number of phenols is 1. The van der Waals surface area contributed by atoms with E-state index >= 15 is 0 Å². The average molecular weight is 264 g/mol. The van der Waals surface area contributed by atoms with Crippen LogP contribution >= 0.6 is 0 Å². The Kier molecular flexibility index (Phi) is 4.07. The molecular weight excluding hydrogens is 244 g/mol. The maximum atomic E-state index is 12.1. The van der Waals surface area contributed by atoms with E-state index in [1.54, 1.807) is 25.1 Å². The molecule has 0 aromatic heterocycles. The Morgan fingerprint density at radius 3 is 2.95 bits per heavy atom. The summed E-state index contributed by atoms with van der Waals surface area (Å²) in [6.45, 7) is 4.26. The van der Waals surface area contributed by atoms with Crippen LogP contribution in [-0.4, -0.2) is 35.8 Å². The predicted molar refractivity (Wildman–Crippen MR) is 72.1 cm³/mol. The summed E-state index contributed by atoms with van der Waals surface area (Å²) in [5.74, 6) is -0.299. The van der Waals surface area contributed by atoms with Gasteiger partial charge in [-0.25, -0.2) is 0 Å². The van der Waals surface area contributed by atoms with Gasteiger partial charge in [0, 0.05) is 12.6 Å². The van der Waals surface area contributed by atoms with E-state index in [4.69, 9.17) is 10.5 Å². The summed E-state index contributed by atoms with van der Waals surface area (Å²) in [6.07, 6.45) is 0.717. The van der Waals surface area contributed by atoms with Crippen molar-refractivity contribution in [2.24, 2.45) is 5.73 Å². The Morgan fingerprint density at radius 1 is 1.58 bits per heavy atom. The third kappa shape index (κ3) is 2.72. The highest BCUT2D eigenvalue weighted by Gasteiger charge is 2.40. The zero-order valence-electron chi connectivity index (χ0n) is 11.2. The molecule has 1 aromatic rings. The number of carbonyl (C=O) groups excluding carboxylic acids is 1. The lowest BCUT2D eigenvalue weighted by atomic mass is 9.83. The van der Waals surface area contributed by atoms with Gasteiger partial charge in [-0.2, -0.15) is 0 Å². The van der Waals surface area contributed by atoms with E-state index in [1.165, 1.54) is 0 Å². The molecule has 1 aliphatic carbocycles. The number of amides is 1. The normalized spacial score (nSPS) is 25.7. The molecule has 1 fully saturated rings. The molecule has 19 heavy (non-hydrogen) atoms. The standard InChI is InChI=1S/C14H20N2O3/c1-3-19-11-7-10(15)12(11)16-14(18)9-6-4-5-8(2)13(9)17/h4-6,10-12,17H,3,7,15H2,1-2H3,(H,16,18). The fourth-order valence-electron chi connectivity index (χ4n) is 2.30. The number of hydrogen-bond acceptors (Lipinski definition) is 4. The zero-order chi connectivity index (χ0) is 14.0. The number of nitrogens with one attached hydrogen (secondary N) is 1. The van der Waals surface area contributed by atoms with Gasteiger partial charge in [-0.15, -0.1) is 0 Å². The lowest BCUT2D eigenvalue weighted by molar-refractivity contribution is -0.0300. The molecule has 3 unspecified atom stereocenters. The quantitative estimate of drug-likeness (QED) is 0.755. The van der Waals surface area contributed by atoms with Crippen LogP contribution in [0.15, 0.2) is 18.2 Å². The molecule has 1 aliphatic rings. The van der Waals surface area contributed by atoms with Gasteiger partial charge in [0.25, 0.3) is 5.91 Å². The number of aromatic hydroxyl groups is 1. The first-order valence-electron chi connectivity index (χ1n) is 6.51. The summed E-state index contributed by atoms with van der Waals surface area (Å²) in [4.78, 5) is 12.1. The molecule has 3 atom stereocenters. The van der Waals surface area contributed by atoms with Gasteiger partial charge in [0.15, 0.2) is 0 Å². The van der Waals surface area contributed by atoms with Crippen molar-refractivity contribution in [1.82, 2.24) is 5.32 Å². The minimum absolute atomic E-state index is 0.0147. The number of nitrogens with two attached hydrogens (primary N) is 1. The van der Waals surface area contributed by atoms with Crippen LogP contribution in [-0.2, 0) is 4.74 Å². The lowest BCUT2D eigenvalue weighted by Crippen LogP contribution is -2.64. The van der Waals surface area contributed by atoms with Gasteiger partial charge < -0.3 is 20.9 Å². The molecule has 0 heterocycles. The largest absolute Gasteiger partial charge is 0.507 e.